The van der Waals surface area contributed by atoms with Crippen LogP contribution in [0.3, 0.4) is 0 Å². The number of amides is 1. The molecule has 0 radical (unpaired) electrons. The molecule has 1 amide bonds. The van der Waals surface area contributed by atoms with Crippen LogP contribution in [-0.2, 0) is 24.2 Å². The lowest BCUT2D eigenvalue weighted by Gasteiger charge is -2.16. The largest absolute Gasteiger partial charge is 0.347 e. The predicted octanol–water partition coefficient (Wildman–Crippen LogP) is 4.37. The summed E-state index contributed by atoms with van der Waals surface area (Å²) in [6, 6.07) is 7.69. The van der Waals surface area contributed by atoms with Gasteiger partial charge in [-0.1, -0.05) is 6.42 Å². The number of hydrogen-bond acceptors (Lipinski definition) is 4. The molecule has 8 heteroatoms. The van der Waals surface area contributed by atoms with E-state index in [1.165, 1.54) is 28.7 Å². The summed E-state index contributed by atoms with van der Waals surface area (Å²) in [5.41, 5.74) is 2.53. The predicted molar refractivity (Wildman–Crippen MR) is 142 cm³/mol. The van der Waals surface area contributed by atoms with Crippen molar-refractivity contribution in [2.75, 3.05) is 13.1 Å². The zero-order chi connectivity index (χ0) is 24.4. The Morgan fingerprint density at radius 3 is 2.75 bits per heavy atom. The summed E-state index contributed by atoms with van der Waals surface area (Å²) in [7, 11) is 0. The molecule has 4 heterocycles. The molecule has 7 rings (SSSR count). The molecular formula is C28H30N4O3S. The normalized spacial score (nSPS) is 18.7. The fraction of sp³-hybridized carbons (Fsp3) is 0.464. The molecule has 3 aromatic heterocycles. The number of nitrogens with zero attached hydrogens (tertiary/aromatic N) is 3. The van der Waals surface area contributed by atoms with Crippen LogP contribution >= 0.6 is 11.3 Å². The highest BCUT2D eigenvalue weighted by atomic mass is 32.1. The standard InChI is InChI=1S/C28H30N4O3S/c33-23(31-15-12-28(17-31)10-11-28)9-14-30-13-8-18-16-19(6-7-21(18)30)32-26(34)24-20-4-2-1-3-5-22(20)36-25(24)29-27(32)35/h6-8,13,16H,1-5,9-12,14-15,17H2,(H,29,35). The molecule has 36 heavy (non-hydrogen) atoms. The highest BCUT2D eigenvalue weighted by Crippen LogP contribution is 2.52. The van der Waals surface area contributed by atoms with Crippen molar-refractivity contribution in [2.24, 2.45) is 5.41 Å². The number of aryl methyl sites for hydroxylation is 3. The number of thiophene rings is 1. The monoisotopic (exact) mass is 502 g/mol. The van der Waals surface area contributed by atoms with E-state index in [1.54, 1.807) is 11.3 Å². The number of aromatic amines is 1. The van der Waals surface area contributed by atoms with Crippen LogP contribution in [0.4, 0.5) is 0 Å². The summed E-state index contributed by atoms with van der Waals surface area (Å²) < 4.78 is 3.37. The molecular weight excluding hydrogens is 472 g/mol. The lowest BCUT2D eigenvalue weighted by molar-refractivity contribution is -0.130. The molecule has 2 fully saturated rings. The summed E-state index contributed by atoms with van der Waals surface area (Å²) in [6.07, 6.45) is 11.5. The molecule has 7 nitrogen and oxygen atoms in total. The number of carbonyl (C=O) groups excluding carboxylic acids is 1. The number of likely N-dealkylation sites (tertiary alicyclic amines) is 1. The maximum Gasteiger partial charge on any atom is 0.334 e. The Balaban J connectivity index is 1.18. The van der Waals surface area contributed by atoms with Gasteiger partial charge in [0.2, 0.25) is 5.91 Å². The van der Waals surface area contributed by atoms with E-state index in [0.717, 1.165) is 61.7 Å². The molecule has 1 saturated carbocycles. The van der Waals surface area contributed by atoms with Crippen LogP contribution in [0.5, 0.6) is 0 Å². The smallest absolute Gasteiger partial charge is 0.334 e. The van der Waals surface area contributed by atoms with Crippen molar-refractivity contribution in [2.45, 2.75) is 64.3 Å². The maximum atomic E-state index is 13.6. The Morgan fingerprint density at radius 1 is 1.06 bits per heavy atom. The quantitative estimate of drug-likeness (QED) is 0.421. The highest BCUT2D eigenvalue weighted by molar-refractivity contribution is 7.18. The van der Waals surface area contributed by atoms with E-state index >= 15 is 0 Å². The third-order valence-corrected chi connectivity index (χ3v) is 9.80. The van der Waals surface area contributed by atoms with Crippen molar-refractivity contribution >= 4 is 38.4 Å². The van der Waals surface area contributed by atoms with Crippen molar-refractivity contribution in [1.82, 2.24) is 19.0 Å². The second kappa shape index (κ2) is 8.20. The second-order valence-corrected chi connectivity index (χ2v) is 12.0. The molecule has 0 atom stereocenters. The van der Waals surface area contributed by atoms with Crippen LogP contribution in [-0.4, -0.2) is 38.0 Å². The van der Waals surface area contributed by atoms with E-state index in [1.807, 2.05) is 35.4 Å². The first-order valence-corrected chi connectivity index (χ1v) is 14.0. The Labute approximate surface area is 212 Å². The average Bonchev–Trinajstić information content (AvgIpc) is 3.21. The van der Waals surface area contributed by atoms with Gasteiger partial charge in [0.05, 0.1) is 11.1 Å². The first-order valence-electron chi connectivity index (χ1n) is 13.2. The zero-order valence-corrected chi connectivity index (χ0v) is 21.2. The minimum Gasteiger partial charge on any atom is -0.347 e. The van der Waals surface area contributed by atoms with Gasteiger partial charge < -0.3 is 9.47 Å². The van der Waals surface area contributed by atoms with Gasteiger partial charge in [-0.25, -0.2) is 9.36 Å². The number of nitrogens with one attached hydrogen (secondary N) is 1. The average molecular weight is 503 g/mol. The Bertz CT molecular complexity index is 1630. The third-order valence-electron chi connectivity index (χ3n) is 8.59. The molecule has 1 aliphatic heterocycles. The van der Waals surface area contributed by atoms with E-state index in [-0.39, 0.29) is 11.5 Å². The SMILES string of the molecule is O=C(CCn1ccc2cc(-n3c(=O)[nH]c4sc5c(c4c3=O)CCCCC5)ccc21)N1CCC2(CC2)C1. The number of carbonyl (C=O) groups is 1. The first kappa shape index (κ1) is 22.1. The topological polar surface area (TPSA) is 80.1 Å². The highest BCUT2D eigenvalue weighted by Gasteiger charge is 2.48. The summed E-state index contributed by atoms with van der Waals surface area (Å²) in [6.45, 7) is 2.46. The number of hydrogen-bond donors (Lipinski definition) is 1. The minimum atomic E-state index is -0.396. The molecule has 2 aliphatic carbocycles. The number of rotatable bonds is 4. The van der Waals surface area contributed by atoms with Crippen molar-refractivity contribution < 1.29 is 4.79 Å². The molecule has 0 bridgehead atoms. The van der Waals surface area contributed by atoms with Crippen LogP contribution in [0.25, 0.3) is 26.8 Å². The van der Waals surface area contributed by atoms with Crippen molar-refractivity contribution in [3.8, 4) is 5.69 Å². The second-order valence-electron chi connectivity index (χ2n) is 10.9. The van der Waals surface area contributed by atoms with Gasteiger partial charge >= 0.3 is 5.69 Å². The van der Waals surface area contributed by atoms with Crippen LogP contribution in [0.15, 0.2) is 40.1 Å². The molecule has 4 aromatic rings. The first-order chi connectivity index (χ1) is 17.5. The van der Waals surface area contributed by atoms with Crippen molar-refractivity contribution in [3.63, 3.8) is 0 Å². The van der Waals surface area contributed by atoms with Gasteiger partial charge in [0, 0.05) is 48.0 Å². The molecule has 1 aromatic carbocycles. The van der Waals surface area contributed by atoms with Gasteiger partial charge in [0.25, 0.3) is 5.56 Å². The molecule has 3 aliphatic rings. The van der Waals surface area contributed by atoms with E-state index in [2.05, 4.69) is 9.55 Å². The van der Waals surface area contributed by atoms with E-state index in [4.69, 9.17) is 0 Å². The third kappa shape index (κ3) is 3.57. The summed E-state index contributed by atoms with van der Waals surface area (Å²) >= 11 is 1.57. The van der Waals surface area contributed by atoms with E-state index in [9.17, 15) is 14.4 Å². The minimum absolute atomic E-state index is 0.225. The summed E-state index contributed by atoms with van der Waals surface area (Å²) in [5.74, 6) is 0.235. The van der Waals surface area contributed by atoms with Gasteiger partial charge in [0.1, 0.15) is 4.83 Å². The molecule has 0 unspecified atom stereocenters. The molecule has 186 valence electrons. The van der Waals surface area contributed by atoms with E-state index < -0.39 is 5.69 Å². The number of fused-ring (bicyclic) bond motifs is 4. The van der Waals surface area contributed by atoms with Crippen LogP contribution in [0, 0.1) is 5.41 Å². The summed E-state index contributed by atoms with van der Waals surface area (Å²) in [4.78, 5) is 46.3. The lowest BCUT2D eigenvalue weighted by atomic mass is 10.1. The van der Waals surface area contributed by atoms with Crippen molar-refractivity contribution in [1.29, 1.82) is 0 Å². The number of benzene rings is 1. The Kier molecular flexibility index (Phi) is 5.03. The fourth-order valence-electron chi connectivity index (χ4n) is 6.28. The zero-order valence-electron chi connectivity index (χ0n) is 20.3. The van der Waals surface area contributed by atoms with Gasteiger partial charge in [0.15, 0.2) is 0 Å². The van der Waals surface area contributed by atoms with E-state index in [0.29, 0.717) is 34.3 Å². The maximum absolute atomic E-state index is 13.6. The lowest BCUT2D eigenvalue weighted by Crippen LogP contribution is -2.33. The molecule has 1 spiro atoms. The van der Waals surface area contributed by atoms with Gasteiger partial charge in [-0.3, -0.25) is 14.6 Å². The Hall–Kier alpha value is -3.13. The summed E-state index contributed by atoms with van der Waals surface area (Å²) in [5, 5.41) is 1.64. The molecule has 1 N–H and O–H groups in total. The Morgan fingerprint density at radius 2 is 1.92 bits per heavy atom. The van der Waals surface area contributed by atoms with Crippen LogP contribution in [0.2, 0.25) is 0 Å². The number of aromatic nitrogens is 3. The van der Waals surface area contributed by atoms with Crippen LogP contribution < -0.4 is 11.2 Å². The van der Waals surface area contributed by atoms with Gasteiger partial charge in [-0.15, -0.1) is 11.3 Å². The van der Waals surface area contributed by atoms with Gasteiger partial charge in [-0.05, 0) is 80.2 Å². The van der Waals surface area contributed by atoms with Gasteiger partial charge in [-0.2, -0.15) is 0 Å². The molecule has 1 saturated heterocycles. The van der Waals surface area contributed by atoms with Crippen LogP contribution in [0.1, 0.15) is 55.4 Å². The fourth-order valence-corrected chi connectivity index (χ4v) is 7.55. The number of H-pyrrole nitrogens is 1. The van der Waals surface area contributed by atoms with Crippen molar-refractivity contribution in [3.05, 3.63) is 61.7 Å².